The lowest BCUT2D eigenvalue weighted by atomic mass is 10.1. The number of benzene rings is 1. The van der Waals surface area contributed by atoms with Crippen LogP contribution in [0.3, 0.4) is 0 Å². The summed E-state index contributed by atoms with van der Waals surface area (Å²) < 4.78 is 6.44. The molecule has 0 bridgehead atoms. The molecule has 1 aliphatic rings. The molecule has 0 aliphatic carbocycles. The van der Waals surface area contributed by atoms with E-state index in [0.717, 1.165) is 37.0 Å². The molecule has 1 aliphatic heterocycles. The van der Waals surface area contributed by atoms with Crippen molar-refractivity contribution in [3.05, 3.63) is 41.9 Å². The third kappa shape index (κ3) is 2.76. The molecule has 0 spiro atoms. The van der Waals surface area contributed by atoms with E-state index in [2.05, 4.69) is 48.3 Å². The van der Waals surface area contributed by atoms with E-state index in [4.69, 9.17) is 0 Å². The van der Waals surface area contributed by atoms with Gasteiger partial charge in [0.15, 0.2) is 5.69 Å². The molecule has 0 radical (unpaired) electrons. The molecule has 3 aromatic rings. The molecule has 24 heavy (non-hydrogen) atoms. The summed E-state index contributed by atoms with van der Waals surface area (Å²) in [5.41, 5.74) is 2.56. The maximum Gasteiger partial charge on any atom is 0.360 e. The van der Waals surface area contributed by atoms with Crippen LogP contribution in [0.5, 0.6) is 0 Å². The van der Waals surface area contributed by atoms with E-state index in [1.807, 2.05) is 6.20 Å². The van der Waals surface area contributed by atoms with Gasteiger partial charge < -0.3 is 4.74 Å². The molecule has 0 saturated carbocycles. The molecule has 0 amide bonds. The van der Waals surface area contributed by atoms with Gasteiger partial charge in [0.25, 0.3) is 0 Å². The Hall–Kier alpha value is -2.74. The van der Waals surface area contributed by atoms with Crippen LogP contribution in [-0.4, -0.2) is 56.3 Å². The lowest BCUT2D eigenvalue weighted by Gasteiger charge is -2.16. The van der Waals surface area contributed by atoms with Gasteiger partial charge >= 0.3 is 5.97 Å². The first-order valence-corrected chi connectivity index (χ1v) is 7.87. The number of nitrogens with one attached hydrogen (secondary N) is 1. The number of esters is 1. The first-order valence-electron chi connectivity index (χ1n) is 7.87. The standard InChI is InChI=1S/C16H18N6O2/c1-24-16(23)15-10-22(20-19-15)13-4-5-21(9-13)8-11-2-3-12-7-17-18-14(12)6-11/h2-3,6-7,10,13H,4-5,8-9H2,1H3,(H,17,18)/t13-/m1/s1. The first-order chi connectivity index (χ1) is 11.7. The van der Waals surface area contributed by atoms with Gasteiger partial charge in [-0.05, 0) is 18.1 Å². The SMILES string of the molecule is COC(=O)c1cn([C@@H]2CCN(Cc3ccc4cn[nH]c4c3)C2)nn1. The Morgan fingerprint density at radius 2 is 2.38 bits per heavy atom. The molecule has 124 valence electrons. The molecular weight excluding hydrogens is 308 g/mol. The zero-order valence-corrected chi connectivity index (χ0v) is 13.3. The highest BCUT2D eigenvalue weighted by molar-refractivity contribution is 5.86. The topological polar surface area (TPSA) is 88.9 Å². The maximum absolute atomic E-state index is 11.5. The van der Waals surface area contributed by atoms with Crippen molar-refractivity contribution in [2.75, 3.05) is 20.2 Å². The Bertz CT molecular complexity index is 870. The Morgan fingerprint density at radius 1 is 1.46 bits per heavy atom. The van der Waals surface area contributed by atoms with E-state index in [1.165, 1.54) is 12.7 Å². The number of aromatic nitrogens is 5. The average molecular weight is 326 g/mol. The summed E-state index contributed by atoms with van der Waals surface area (Å²) >= 11 is 0. The quantitative estimate of drug-likeness (QED) is 0.729. The summed E-state index contributed by atoms with van der Waals surface area (Å²) in [5, 5.41) is 16.1. The van der Waals surface area contributed by atoms with Crippen molar-refractivity contribution in [3.63, 3.8) is 0 Å². The normalized spacial score (nSPS) is 18.3. The fourth-order valence-corrected chi connectivity index (χ4v) is 3.17. The fourth-order valence-electron chi connectivity index (χ4n) is 3.17. The molecule has 1 N–H and O–H groups in total. The first kappa shape index (κ1) is 14.8. The van der Waals surface area contributed by atoms with Crippen LogP contribution in [0.1, 0.15) is 28.5 Å². The number of hydrogen-bond donors (Lipinski definition) is 1. The number of likely N-dealkylation sites (tertiary alicyclic amines) is 1. The average Bonchev–Trinajstić information content (AvgIpc) is 3.33. The number of methoxy groups -OCH3 is 1. The molecule has 8 heteroatoms. The summed E-state index contributed by atoms with van der Waals surface area (Å²) in [6.07, 6.45) is 4.47. The van der Waals surface area contributed by atoms with Crippen molar-refractivity contribution in [2.24, 2.45) is 0 Å². The van der Waals surface area contributed by atoms with Gasteiger partial charge in [0, 0.05) is 25.0 Å². The molecule has 1 aromatic carbocycles. The number of rotatable bonds is 4. The number of fused-ring (bicyclic) bond motifs is 1. The third-order valence-electron chi connectivity index (χ3n) is 4.44. The summed E-state index contributed by atoms with van der Waals surface area (Å²) in [6, 6.07) is 6.59. The van der Waals surface area contributed by atoms with Gasteiger partial charge in [-0.1, -0.05) is 17.3 Å². The van der Waals surface area contributed by atoms with Crippen LogP contribution < -0.4 is 0 Å². The van der Waals surface area contributed by atoms with Crippen LogP contribution in [0.4, 0.5) is 0 Å². The van der Waals surface area contributed by atoms with Crippen LogP contribution >= 0.6 is 0 Å². The summed E-state index contributed by atoms with van der Waals surface area (Å²) in [4.78, 5) is 13.9. The van der Waals surface area contributed by atoms with E-state index >= 15 is 0 Å². The van der Waals surface area contributed by atoms with Crippen LogP contribution in [0.2, 0.25) is 0 Å². The Balaban J connectivity index is 1.42. The lowest BCUT2D eigenvalue weighted by molar-refractivity contribution is 0.0594. The second kappa shape index (κ2) is 6.04. The van der Waals surface area contributed by atoms with Gasteiger partial charge in [-0.3, -0.25) is 10.00 Å². The predicted octanol–water partition coefficient (Wildman–Crippen LogP) is 1.39. The second-order valence-electron chi connectivity index (χ2n) is 6.04. The van der Waals surface area contributed by atoms with Gasteiger partial charge in [0.1, 0.15) is 0 Å². The van der Waals surface area contributed by atoms with Gasteiger partial charge in [-0.2, -0.15) is 5.10 Å². The fraction of sp³-hybridized carbons (Fsp3) is 0.375. The van der Waals surface area contributed by atoms with E-state index in [0.29, 0.717) is 0 Å². The van der Waals surface area contributed by atoms with Crippen molar-refractivity contribution < 1.29 is 9.53 Å². The number of carbonyl (C=O) groups is 1. The summed E-state index contributed by atoms with van der Waals surface area (Å²) in [6.45, 7) is 2.74. The highest BCUT2D eigenvalue weighted by atomic mass is 16.5. The predicted molar refractivity (Wildman–Crippen MR) is 86.4 cm³/mol. The molecule has 8 nitrogen and oxygen atoms in total. The van der Waals surface area contributed by atoms with E-state index < -0.39 is 5.97 Å². The van der Waals surface area contributed by atoms with Crippen LogP contribution in [-0.2, 0) is 11.3 Å². The van der Waals surface area contributed by atoms with Crippen molar-refractivity contribution in [3.8, 4) is 0 Å². The zero-order chi connectivity index (χ0) is 16.5. The van der Waals surface area contributed by atoms with Gasteiger partial charge in [-0.15, -0.1) is 5.10 Å². The second-order valence-corrected chi connectivity index (χ2v) is 6.04. The number of H-pyrrole nitrogens is 1. The number of hydrogen-bond acceptors (Lipinski definition) is 6. The molecule has 2 aromatic heterocycles. The van der Waals surface area contributed by atoms with Crippen molar-refractivity contribution >= 4 is 16.9 Å². The molecule has 1 fully saturated rings. The van der Waals surface area contributed by atoms with Crippen LogP contribution in [0.25, 0.3) is 10.9 Å². The number of nitrogens with zero attached hydrogens (tertiary/aromatic N) is 5. The minimum atomic E-state index is -0.455. The van der Waals surface area contributed by atoms with Crippen molar-refractivity contribution in [1.82, 2.24) is 30.1 Å². The van der Waals surface area contributed by atoms with Crippen LogP contribution in [0.15, 0.2) is 30.6 Å². The van der Waals surface area contributed by atoms with E-state index in [1.54, 1.807) is 10.9 Å². The number of carbonyl (C=O) groups excluding carboxylic acids is 1. The largest absolute Gasteiger partial charge is 0.464 e. The lowest BCUT2D eigenvalue weighted by Crippen LogP contribution is -2.21. The Kier molecular flexibility index (Phi) is 3.73. The zero-order valence-electron chi connectivity index (χ0n) is 13.3. The van der Waals surface area contributed by atoms with E-state index in [9.17, 15) is 4.79 Å². The molecular formula is C16H18N6O2. The van der Waals surface area contributed by atoms with Crippen LogP contribution in [0, 0.1) is 0 Å². The molecule has 0 unspecified atom stereocenters. The Labute approximate surface area is 138 Å². The van der Waals surface area contributed by atoms with Gasteiger partial charge in [0.05, 0.1) is 31.1 Å². The molecule has 4 rings (SSSR count). The Morgan fingerprint density at radius 3 is 3.25 bits per heavy atom. The van der Waals surface area contributed by atoms with E-state index in [-0.39, 0.29) is 11.7 Å². The summed E-state index contributed by atoms with van der Waals surface area (Å²) in [7, 11) is 1.34. The van der Waals surface area contributed by atoms with Gasteiger partial charge in [0.2, 0.25) is 0 Å². The monoisotopic (exact) mass is 326 g/mol. The van der Waals surface area contributed by atoms with Gasteiger partial charge in [-0.25, -0.2) is 9.48 Å². The number of ether oxygens (including phenoxy) is 1. The minimum absolute atomic E-state index is 0.229. The number of aromatic amines is 1. The maximum atomic E-state index is 11.5. The molecule has 3 heterocycles. The van der Waals surface area contributed by atoms with Crippen molar-refractivity contribution in [2.45, 2.75) is 19.0 Å². The highest BCUT2D eigenvalue weighted by Gasteiger charge is 2.25. The van der Waals surface area contributed by atoms with Crippen molar-refractivity contribution in [1.29, 1.82) is 0 Å². The minimum Gasteiger partial charge on any atom is -0.464 e. The smallest absolute Gasteiger partial charge is 0.360 e. The highest BCUT2D eigenvalue weighted by Crippen LogP contribution is 2.23. The molecule has 1 atom stereocenters. The third-order valence-corrected chi connectivity index (χ3v) is 4.44. The molecule has 1 saturated heterocycles. The summed E-state index contributed by atoms with van der Waals surface area (Å²) in [5.74, 6) is -0.455.